The first-order valence-corrected chi connectivity index (χ1v) is 10.8. The van der Waals surface area contributed by atoms with Crippen molar-refractivity contribution in [3.05, 3.63) is 63.6 Å². The van der Waals surface area contributed by atoms with Gasteiger partial charge in [0.05, 0.1) is 15.6 Å². The molecule has 7 heteroatoms. The van der Waals surface area contributed by atoms with Crippen molar-refractivity contribution in [1.82, 2.24) is 4.31 Å². The van der Waals surface area contributed by atoms with Crippen LogP contribution >= 0.6 is 27.5 Å². The van der Waals surface area contributed by atoms with Crippen molar-refractivity contribution in [3.8, 4) is 0 Å². The van der Waals surface area contributed by atoms with Crippen LogP contribution in [0.15, 0.2) is 62.9 Å². The lowest BCUT2D eigenvalue weighted by Crippen LogP contribution is -2.30. The van der Waals surface area contributed by atoms with Gasteiger partial charge < -0.3 is 0 Å². The molecule has 0 spiro atoms. The number of sulfonamides is 1. The van der Waals surface area contributed by atoms with E-state index >= 15 is 0 Å². The maximum absolute atomic E-state index is 12.6. The second-order valence-corrected chi connectivity index (χ2v) is 8.66. The number of benzene rings is 2. The largest absolute Gasteiger partial charge is 0.254 e. The highest BCUT2D eigenvalue weighted by Crippen LogP contribution is 2.29. The predicted molar refractivity (Wildman–Crippen MR) is 113 cm³/mol. The maximum Gasteiger partial charge on any atom is 0.243 e. The fourth-order valence-corrected chi connectivity index (χ4v) is 4.35. The summed E-state index contributed by atoms with van der Waals surface area (Å²) >= 11 is 9.62. The van der Waals surface area contributed by atoms with Gasteiger partial charge in [-0.3, -0.25) is 4.99 Å². The number of allylic oxidation sites excluding steroid dienone is 1. The third kappa shape index (κ3) is 5.27. The molecule has 0 aliphatic heterocycles. The Morgan fingerprint density at radius 3 is 2.42 bits per heavy atom. The van der Waals surface area contributed by atoms with E-state index in [9.17, 15) is 8.42 Å². The Labute approximate surface area is 168 Å². The van der Waals surface area contributed by atoms with E-state index in [4.69, 9.17) is 11.6 Å². The van der Waals surface area contributed by atoms with Gasteiger partial charge in [-0.2, -0.15) is 4.31 Å². The number of aliphatic imine (C=N–C) groups is 1. The van der Waals surface area contributed by atoms with Gasteiger partial charge in [0.15, 0.2) is 0 Å². The van der Waals surface area contributed by atoms with E-state index in [1.165, 1.54) is 16.4 Å². The number of rotatable bonds is 7. The Bertz CT molecular complexity index is 908. The summed E-state index contributed by atoms with van der Waals surface area (Å²) in [6, 6.07) is 14.3. The van der Waals surface area contributed by atoms with Gasteiger partial charge in [0.2, 0.25) is 10.0 Å². The number of hydrogen-bond acceptors (Lipinski definition) is 3. The molecule has 0 atom stereocenters. The normalized spacial score (nSPS) is 12.9. The molecule has 0 radical (unpaired) electrons. The Kier molecular flexibility index (Phi) is 7.58. The average Bonchev–Trinajstić information content (AvgIpc) is 2.62. The van der Waals surface area contributed by atoms with E-state index in [0.717, 1.165) is 10.0 Å². The minimum atomic E-state index is -3.55. The Balaban J connectivity index is 2.32. The maximum atomic E-state index is 12.6. The topological polar surface area (TPSA) is 49.7 Å². The minimum absolute atomic E-state index is 0.181. The van der Waals surface area contributed by atoms with Crippen LogP contribution in [0, 0.1) is 0 Å². The van der Waals surface area contributed by atoms with Crippen LogP contribution in [-0.2, 0) is 10.0 Å². The summed E-state index contributed by atoms with van der Waals surface area (Å²) in [5.41, 5.74) is 1.42. The van der Waals surface area contributed by atoms with Gasteiger partial charge in [-0.1, -0.05) is 55.8 Å². The van der Waals surface area contributed by atoms with Gasteiger partial charge in [-0.15, -0.1) is 0 Å². The van der Waals surface area contributed by atoms with Gasteiger partial charge in [-0.05, 0) is 45.8 Å². The van der Waals surface area contributed by atoms with Crippen LogP contribution in [0.3, 0.4) is 0 Å². The van der Waals surface area contributed by atoms with Crippen LogP contribution in [0.25, 0.3) is 6.08 Å². The summed E-state index contributed by atoms with van der Waals surface area (Å²) in [6.45, 7) is 4.43. The molecule has 0 aliphatic rings. The highest BCUT2D eigenvalue weighted by Gasteiger charge is 2.22. The summed E-state index contributed by atoms with van der Waals surface area (Å²) in [7, 11) is -3.55. The molecule has 26 heavy (non-hydrogen) atoms. The van der Waals surface area contributed by atoms with Crippen molar-refractivity contribution in [2.45, 2.75) is 18.7 Å². The van der Waals surface area contributed by atoms with Crippen molar-refractivity contribution < 1.29 is 8.42 Å². The molecule has 2 aromatic rings. The quantitative estimate of drug-likeness (QED) is 0.517. The molecule has 138 valence electrons. The molecule has 0 saturated carbocycles. The summed E-state index contributed by atoms with van der Waals surface area (Å²) < 4.78 is 27.4. The molecular weight excluding hydrogens is 436 g/mol. The van der Waals surface area contributed by atoms with E-state index < -0.39 is 10.0 Å². The third-order valence-corrected chi connectivity index (χ3v) is 6.49. The van der Waals surface area contributed by atoms with Gasteiger partial charge in [0.25, 0.3) is 0 Å². The van der Waals surface area contributed by atoms with E-state index in [1.807, 2.05) is 50.3 Å². The Morgan fingerprint density at radius 1 is 1.15 bits per heavy atom. The van der Waals surface area contributed by atoms with Crippen LogP contribution in [0.4, 0.5) is 5.69 Å². The summed E-state index contributed by atoms with van der Waals surface area (Å²) in [5, 5.41) is 0.389. The lowest BCUT2D eigenvalue weighted by Gasteiger charge is -2.18. The molecule has 0 bridgehead atoms. The van der Waals surface area contributed by atoms with Crippen molar-refractivity contribution in [2.24, 2.45) is 4.99 Å². The van der Waals surface area contributed by atoms with E-state index in [1.54, 1.807) is 12.3 Å². The van der Waals surface area contributed by atoms with Gasteiger partial charge in [-0.25, -0.2) is 8.42 Å². The average molecular weight is 456 g/mol. The van der Waals surface area contributed by atoms with Crippen molar-refractivity contribution >= 4 is 55.5 Å². The van der Waals surface area contributed by atoms with E-state index in [-0.39, 0.29) is 4.90 Å². The Morgan fingerprint density at radius 2 is 1.81 bits per heavy atom. The molecule has 4 nitrogen and oxygen atoms in total. The first kappa shape index (κ1) is 20.8. The van der Waals surface area contributed by atoms with Crippen molar-refractivity contribution in [2.75, 3.05) is 13.1 Å². The second-order valence-electron chi connectivity index (χ2n) is 5.40. The Hall–Kier alpha value is -1.47. The molecule has 0 fully saturated rings. The lowest BCUT2D eigenvalue weighted by molar-refractivity contribution is 0.445. The number of hydrogen-bond donors (Lipinski definition) is 0. The van der Waals surface area contributed by atoms with Crippen LogP contribution in [0.1, 0.15) is 19.4 Å². The van der Waals surface area contributed by atoms with Crippen molar-refractivity contribution in [3.63, 3.8) is 0 Å². The van der Waals surface area contributed by atoms with Crippen molar-refractivity contribution in [1.29, 1.82) is 0 Å². The molecule has 0 aliphatic carbocycles. The van der Waals surface area contributed by atoms with Crippen LogP contribution in [0.2, 0.25) is 5.02 Å². The second kappa shape index (κ2) is 9.46. The van der Waals surface area contributed by atoms with Crippen LogP contribution in [-0.4, -0.2) is 32.0 Å². The minimum Gasteiger partial charge on any atom is -0.254 e. The zero-order chi connectivity index (χ0) is 19.2. The monoisotopic (exact) mass is 454 g/mol. The fourth-order valence-electron chi connectivity index (χ4n) is 2.34. The summed E-state index contributed by atoms with van der Waals surface area (Å²) in [6.07, 6.45) is 3.51. The summed E-state index contributed by atoms with van der Waals surface area (Å²) in [5.74, 6) is 0. The first-order chi connectivity index (χ1) is 12.4. The molecule has 0 amide bonds. The summed E-state index contributed by atoms with van der Waals surface area (Å²) in [4.78, 5) is 4.51. The van der Waals surface area contributed by atoms with Gasteiger partial charge >= 0.3 is 0 Å². The van der Waals surface area contributed by atoms with E-state index in [0.29, 0.717) is 23.8 Å². The molecule has 0 saturated heterocycles. The molecular formula is C19H20BrClN2O2S. The first-order valence-electron chi connectivity index (χ1n) is 8.14. The molecule has 0 unspecified atom stereocenters. The SMILES string of the molecule is CCN(CC)S(=O)(=O)c1ccc(Cl)c(N=C/C(Br)=C/c2ccccc2)c1. The smallest absolute Gasteiger partial charge is 0.243 e. The number of halogens is 2. The fraction of sp³-hybridized carbons (Fsp3) is 0.211. The third-order valence-electron chi connectivity index (χ3n) is 3.69. The lowest BCUT2D eigenvalue weighted by atomic mass is 10.2. The van der Waals surface area contributed by atoms with Crippen LogP contribution in [0.5, 0.6) is 0 Å². The highest BCUT2D eigenvalue weighted by molar-refractivity contribution is 9.12. The molecule has 2 aromatic carbocycles. The van der Waals surface area contributed by atoms with Crippen LogP contribution < -0.4 is 0 Å². The molecule has 2 rings (SSSR count). The van der Waals surface area contributed by atoms with Gasteiger partial charge in [0, 0.05) is 23.8 Å². The zero-order valence-corrected chi connectivity index (χ0v) is 17.7. The highest BCUT2D eigenvalue weighted by atomic mass is 79.9. The van der Waals surface area contributed by atoms with E-state index in [2.05, 4.69) is 20.9 Å². The predicted octanol–water partition coefficient (Wildman–Crippen LogP) is 5.51. The van der Waals surface area contributed by atoms with Gasteiger partial charge in [0.1, 0.15) is 0 Å². The zero-order valence-electron chi connectivity index (χ0n) is 14.6. The molecule has 0 aromatic heterocycles. The molecule has 0 heterocycles. The molecule has 0 N–H and O–H groups in total. The number of nitrogens with zero attached hydrogens (tertiary/aromatic N) is 2. The standard InChI is InChI=1S/C19H20BrClN2O2S/c1-3-23(4-2)26(24,25)17-10-11-18(21)19(13-17)22-14-16(20)12-15-8-6-5-7-9-15/h5-14H,3-4H2,1-2H3/b16-12-,22-14?.